The highest BCUT2D eigenvalue weighted by Crippen LogP contribution is 2.30. The molecule has 0 amide bonds. The van der Waals surface area contributed by atoms with Gasteiger partial charge in [0, 0.05) is 36.6 Å². The first-order valence-corrected chi connectivity index (χ1v) is 13.5. The van der Waals surface area contributed by atoms with Crippen molar-refractivity contribution in [3.63, 3.8) is 0 Å². The first-order chi connectivity index (χ1) is 20.0. The van der Waals surface area contributed by atoms with Crippen LogP contribution in [0.2, 0.25) is 0 Å². The molecular formula is C31H30F2N6O3. The number of pyridine rings is 1. The number of aromatic amines is 1. The van der Waals surface area contributed by atoms with Crippen LogP contribution in [0.1, 0.15) is 46.6 Å². The van der Waals surface area contributed by atoms with Crippen molar-refractivity contribution in [3.05, 3.63) is 94.4 Å². The number of benzene rings is 2. The fourth-order valence-electron chi connectivity index (χ4n) is 5.41. The van der Waals surface area contributed by atoms with E-state index in [9.17, 15) is 18.7 Å². The van der Waals surface area contributed by atoms with Crippen LogP contribution in [-0.2, 0) is 13.0 Å². The van der Waals surface area contributed by atoms with Gasteiger partial charge < -0.3 is 20.6 Å². The maximum Gasteiger partial charge on any atom is 0.219 e. The Hall–Kier alpha value is -4.61. The molecule has 0 atom stereocenters. The number of halogens is 2. The summed E-state index contributed by atoms with van der Waals surface area (Å²) in [6, 6.07) is 10.9. The number of carbonyl (C=O) groups is 1. The van der Waals surface area contributed by atoms with Gasteiger partial charge in [-0.15, -0.1) is 0 Å². The molecule has 11 heteroatoms. The number of aliphatic hydroxyl groups is 1. The highest BCUT2D eigenvalue weighted by molar-refractivity contribution is 6.12. The lowest BCUT2D eigenvalue weighted by Crippen LogP contribution is -2.41. The smallest absolute Gasteiger partial charge is 0.219 e. The summed E-state index contributed by atoms with van der Waals surface area (Å²) in [4.78, 5) is 23.1. The minimum Gasteiger partial charge on any atom is -0.433 e. The molecule has 0 bridgehead atoms. The molecule has 4 N–H and O–H groups in total. The molecule has 0 fully saturated rings. The van der Waals surface area contributed by atoms with Crippen LogP contribution in [0.25, 0.3) is 16.6 Å². The van der Waals surface area contributed by atoms with Crippen LogP contribution < -0.4 is 10.5 Å². The summed E-state index contributed by atoms with van der Waals surface area (Å²) in [5, 5.41) is 15.5. The zero-order valence-electron chi connectivity index (χ0n) is 23.4. The van der Waals surface area contributed by atoms with Gasteiger partial charge in [-0.1, -0.05) is 6.07 Å². The highest BCUT2D eigenvalue weighted by atomic mass is 19.1. The molecule has 0 saturated heterocycles. The van der Waals surface area contributed by atoms with Gasteiger partial charge in [0.05, 0.1) is 34.9 Å². The Morgan fingerprint density at radius 2 is 1.90 bits per heavy atom. The Bertz CT molecular complexity index is 1820. The number of nitrogens with two attached hydrogens (primary N) is 1. The Morgan fingerprint density at radius 1 is 1.14 bits per heavy atom. The van der Waals surface area contributed by atoms with Crippen molar-refractivity contribution < 1.29 is 23.4 Å². The van der Waals surface area contributed by atoms with Gasteiger partial charge in [-0.05, 0) is 74.2 Å². The lowest BCUT2D eigenvalue weighted by molar-refractivity contribution is 0.0318. The number of carbonyl (C=O) groups excluding carboxylic acids is 1. The van der Waals surface area contributed by atoms with Crippen molar-refractivity contribution in [3.8, 4) is 17.3 Å². The van der Waals surface area contributed by atoms with Gasteiger partial charge in [-0.25, -0.2) is 18.4 Å². The zero-order chi connectivity index (χ0) is 29.8. The number of H-pyrrole nitrogens is 1. The predicted molar refractivity (Wildman–Crippen MR) is 154 cm³/mol. The van der Waals surface area contributed by atoms with Gasteiger partial charge in [0.1, 0.15) is 5.82 Å². The average Bonchev–Trinajstić information content (AvgIpc) is 3.51. The van der Waals surface area contributed by atoms with E-state index in [0.29, 0.717) is 23.5 Å². The van der Waals surface area contributed by atoms with Crippen LogP contribution in [-0.4, -0.2) is 54.2 Å². The van der Waals surface area contributed by atoms with E-state index in [0.717, 1.165) is 42.5 Å². The third-order valence-electron chi connectivity index (χ3n) is 7.35. The second-order valence-electron chi connectivity index (χ2n) is 11.3. The number of anilines is 1. The average molecular weight is 573 g/mol. The first-order valence-electron chi connectivity index (χ1n) is 13.5. The van der Waals surface area contributed by atoms with E-state index in [-0.39, 0.29) is 23.0 Å². The van der Waals surface area contributed by atoms with E-state index in [1.807, 2.05) is 6.07 Å². The van der Waals surface area contributed by atoms with Crippen molar-refractivity contribution >= 4 is 22.5 Å². The van der Waals surface area contributed by atoms with E-state index >= 15 is 0 Å². The quantitative estimate of drug-likeness (QED) is 0.233. The van der Waals surface area contributed by atoms with Crippen LogP contribution >= 0.6 is 0 Å². The molecule has 0 radical (unpaired) electrons. The number of ether oxygens (including phenoxy) is 1. The van der Waals surface area contributed by atoms with Crippen LogP contribution in [0.4, 0.5) is 14.6 Å². The number of rotatable bonds is 7. The molecule has 2 aromatic carbocycles. The predicted octanol–water partition coefficient (Wildman–Crippen LogP) is 5.07. The van der Waals surface area contributed by atoms with Crippen molar-refractivity contribution in [2.24, 2.45) is 0 Å². The molecule has 0 unspecified atom stereocenters. The number of para-hydroxylation sites is 1. The summed E-state index contributed by atoms with van der Waals surface area (Å²) >= 11 is 0. The normalized spacial score (nSPS) is 13.9. The summed E-state index contributed by atoms with van der Waals surface area (Å²) in [5.74, 6) is -2.43. The number of nitrogen functional groups attached to an aromatic ring is 1. The number of β-amino-alcohol motifs (C(OH)–C–C–N with tert-alkyl or cyclic N) is 1. The number of fused-ring (bicyclic) bond motifs is 2. The van der Waals surface area contributed by atoms with Gasteiger partial charge in [0.25, 0.3) is 0 Å². The van der Waals surface area contributed by atoms with Crippen molar-refractivity contribution in [2.45, 2.75) is 39.3 Å². The van der Waals surface area contributed by atoms with E-state index in [2.05, 4.69) is 32.1 Å². The lowest BCUT2D eigenvalue weighted by atomic mass is 9.96. The SMILES string of the molecule is Cc1cc(Oc2c(F)cccc2F)ncc1-n1ncc(C(=O)c2cc3cc4c(cc3[nH]2)CCN(CC(C)(C)O)C4)c1N. The fourth-order valence-corrected chi connectivity index (χ4v) is 5.41. The van der Waals surface area contributed by atoms with Crippen molar-refractivity contribution in [1.29, 1.82) is 0 Å². The molecule has 42 heavy (non-hydrogen) atoms. The molecule has 1 aliphatic heterocycles. The standard InChI is InChI=1S/C31H30F2N6O3/c1-17-9-27(42-29-22(32)5-4-6-23(29)33)35-14-26(17)39-30(34)21(13-36-39)28(40)25-12-19-10-20-15-38(16-31(2,3)41)8-7-18(20)11-24(19)37-25/h4-6,9-14,37,41H,7-8,15-16,34H2,1-3H3. The van der Waals surface area contributed by atoms with Gasteiger partial charge >= 0.3 is 0 Å². The molecule has 6 rings (SSSR count). The number of hydrogen-bond acceptors (Lipinski definition) is 7. The Labute approximate surface area is 240 Å². The third kappa shape index (κ3) is 5.24. The molecular weight excluding hydrogens is 542 g/mol. The van der Waals surface area contributed by atoms with E-state index in [1.54, 1.807) is 20.8 Å². The number of hydrogen-bond donors (Lipinski definition) is 3. The van der Waals surface area contributed by atoms with Crippen LogP contribution in [0, 0.1) is 18.6 Å². The second-order valence-corrected chi connectivity index (χ2v) is 11.3. The van der Waals surface area contributed by atoms with E-state index < -0.39 is 23.0 Å². The van der Waals surface area contributed by atoms with Crippen LogP contribution in [0.15, 0.2) is 54.9 Å². The fraction of sp³-hybridized carbons (Fsp3) is 0.258. The summed E-state index contributed by atoms with van der Waals surface area (Å²) in [6.07, 6.45) is 3.67. The monoisotopic (exact) mass is 572 g/mol. The molecule has 0 spiro atoms. The minimum atomic E-state index is -0.845. The summed E-state index contributed by atoms with van der Waals surface area (Å²) in [7, 11) is 0. The van der Waals surface area contributed by atoms with E-state index in [1.165, 1.54) is 40.3 Å². The van der Waals surface area contributed by atoms with Gasteiger partial charge in [-0.2, -0.15) is 5.10 Å². The number of aryl methyl sites for hydroxylation is 1. The van der Waals surface area contributed by atoms with Gasteiger partial charge in [0.15, 0.2) is 11.6 Å². The van der Waals surface area contributed by atoms with Crippen LogP contribution in [0.3, 0.4) is 0 Å². The van der Waals surface area contributed by atoms with Crippen LogP contribution in [0.5, 0.6) is 11.6 Å². The Kier molecular flexibility index (Phi) is 6.78. The Balaban J connectivity index is 1.24. The molecule has 3 aromatic heterocycles. The van der Waals surface area contributed by atoms with Crippen molar-refractivity contribution in [1.82, 2.24) is 24.6 Å². The molecule has 1 aliphatic rings. The summed E-state index contributed by atoms with van der Waals surface area (Å²) < 4.78 is 34.7. The summed E-state index contributed by atoms with van der Waals surface area (Å²) in [6.45, 7) is 7.52. The lowest BCUT2D eigenvalue weighted by Gasteiger charge is -2.33. The zero-order valence-corrected chi connectivity index (χ0v) is 23.4. The summed E-state index contributed by atoms with van der Waals surface area (Å²) in [5.41, 5.74) is 10.6. The topological polar surface area (TPSA) is 122 Å². The number of nitrogens with zero attached hydrogens (tertiary/aromatic N) is 4. The molecule has 5 aromatic rings. The molecule has 216 valence electrons. The number of nitrogens with one attached hydrogen (secondary N) is 1. The van der Waals surface area contributed by atoms with Crippen molar-refractivity contribution in [2.75, 3.05) is 18.8 Å². The number of ketones is 1. The first kappa shape index (κ1) is 27.6. The molecule has 9 nitrogen and oxygen atoms in total. The number of aromatic nitrogens is 4. The maximum atomic E-state index is 14.0. The van der Waals surface area contributed by atoms with Gasteiger partial charge in [0.2, 0.25) is 17.4 Å². The van der Waals surface area contributed by atoms with Gasteiger partial charge in [-0.3, -0.25) is 9.69 Å². The molecule has 4 heterocycles. The van der Waals surface area contributed by atoms with E-state index in [4.69, 9.17) is 10.5 Å². The third-order valence-corrected chi connectivity index (χ3v) is 7.35. The highest BCUT2D eigenvalue weighted by Gasteiger charge is 2.25. The second kappa shape index (κ2) is 10.3. The minimum absolute atomic E-state index is 0.00811. The largest absolute Gasteiger partial charge is 0.433 e. The molecule has 0 aliphatic carbocycles. The molecule has 0 saturated carbocycles. The maximum absolute atomic E-state index is 14.0. The Morgan fingerprint density at radius 3 is 2.62 bits per heavy atom.